The Kier molecular flexibility index (Phi) is 5.54. The van der Waals surface area contributed by atoms with Crippen molar-refractivity contribution in [2.45, 2.75) is 0 Å². The Balaban J connectivity index is 1.47. The lowest BCUT2D eigenvalue weighted by Gasteiger charge is -2.07. The quantitative estimate of drug-likeness (QED) is 0.359. The Hall–Kier alpha value is -3.58. The molecule has 1 heterocycles. The summed E-state index contributed by atoms with van der Waals surface area (Å²) in [7, 11) is 1.49. The predicted octanol–water partition coefficient (Wildman–Crippen LogP) is 5.91. The number of ether oxygens (including phenoxy) is 1. The summed E-state index contributed by atoms with van der Waals surface area (Å²) in [5.41, 5.74) is 2.46. The number of carbonyl (C=O) groups excluding carboxylic acids is 1. The number of nitrogens with zero attached hydrogens (tertiary/aromatic N) is 1. The van der Waals surface area contributed by atoms with Crippen LogP contribution in [0, 0.1) is 0 Å². The minimum Gasteiger partial charge on any atom is -0.504 e. The molecule has 0 fully saturated rings. The lowest BCUT2D eigenvalue weighted by atomic mass is 10.2. The minimum absolute atomic E-state index is 0.0131. The molecule has 0 aliphatic carbocycles. The third kappa shape index (κ3) is 4.21. The number of phenols is 1. The van der Waals surface area contributed by atoms with E-state index in [1.54, 1.807) is 48.7 Å². The Bertz CT molecular complexity index is 1210. The summed E-state index contributed by atoms with van der Waals surface area (Å²) in [4.78, 5) is 16.8. The van der Waals surface area contributed by atoms with Crippen LogP contribution in [0.3, 0.4) is 0 Å². The first-order valence-electron chi connectivity index (χ1n) is 9.04. The van der Waals surface area contributed by atoms with Crippen LogP contribution in [0.25, 0.3) is 11.0 Å². The van der Waals surface area contributed by atoms with E-state index >= 15 is 0 Å². The van der Waals surface area contributed by atoms with E-state index in [9.17, 15) is 9.90 Å². The molecule has 1 aromatic heterocycles. The number of furan rings is 1. The van der Waals surface area contributed by atoms with Crippen LogP contribution >= 0.6 is 15.9 Å². The van der Waals surface area contributed by atoms with E-state index in [4.69, 9.17) is 9.15 Å². The molecule has 4 rings (SSSR count). The number of phenolic OH excluding ortho intramolecular Hbond substituents is 1. The standard InChI is InChI=1S/C23H17BrN2O4/c1-29-20-12-16(24)10-15(22(20)27)13-25-17-6-8-18(9-7-17)26-23(28)21-11-14-4-2-3-5-19(14)30-21/h2-13,27H,1H3,(H,26,28). The number of halogens is 1. The molecule has 30 heavy (non-hydrogen) atoms. The van der Waals surface area contributed by atoms with Gasteiger partial charge >= 0.3 is 0 Å². The smallest absolute Gasteiger partial charge is 0.291 e. The number of para-hydroxylation sites is 1. The van der Waals surface area contributed by atoms with Crippen LogP contribution < -0.4 is 10.1 Å². The number of carbonyl (C=O) groups is 1. The second-order valence-corrected chi connectivity index (χ2v) is 7.37. The summed E-state index contributed by atoms with van der Waals surface area (Å²) in [6.45, 7) is 0. The van der Waals surface area contributed by atoms with Crippen molar-refractivity contribution in [1.29, 1.82) is 0 Å². The van der Waals surface area contributed by atoms with Gasteiger partial charge in [0.2, 0.25) is 0 Å². The lowest BCUT2D eigenvalue weighted by molar-refractivity contribution is 0.0998. The summed E-state index contributed by atoms with van der Waals surface area (Å²) in [5.74, 6) is 0.291. The number of fused-ring (bicyclic) bond motifs is 1. The molecule has 0 aliphatic rings. The number of hydrogen-bond acceptors (Lipinski definition) is 5. The van der Waals surface area contributed by atoms with Crippen LogP contribution in [0.2, 0.25) is 0 Å². The van der Waals surface area contributed by atoms with Gasteiger partial charge < -0.3 is 19.6 Å². The molecule has 2 N–H and O–H groups in total. The van der Waals surface area contributed by atoms with Crippen LogP contribution in [0.1, 0.15) is 16.1 Å². The third-order valence-electron chi connectivity index (χ3n) is 4.42. The molecule has 7 heteroatoms. The molecule has 0 atom stereocenters. The minimum atomic E-state index is -0.325. The topological polar surface area (TPSA) is 84.1 Å². The maximum absolute atomic E-state index is 12.4. The predicted molar refractivity (Wildman–Crippen MR) is 120 cm³/mol. The van der Waals surface area contributed by atoms with Crippen LogP contribution in [-0.2, 0) is 0 Å². The van der Waals surface area contributed by atoms with Crippen molar-refractivity contribution >= 4 is 50.4 Å². The Labute approximate surface area is 180 Å². The number of anilines is 1. The second-order valence-electron chi connectivity index (χ2n) is 6.45. The fourth-order valence-corrected chi connectivity index (χ4v) is 3.36. The maximum Gasteiger partial charge on any atom is 0.291 e. The van der Waals surface area contributed by atoms with Crippen molar-refractivity contribution in [2.75, 3.05) is 12.4 Å². The van der Waals surface area contributed by atoms with Gasteiger partial charge in [-0.25, -0.2) is 0 Å². The van der Waals surface area contributed by atoms with Crippen LogP contribution in [-0.4, -0.2) is 24.3 Å². The summed E-state index contributed by atoms with van der Waals surface area (Å²) in [5, 5.41) is 13.9. The van der Waals surface area contributed by atoms with Gasteiger partial charge in [0.25, 0.3) is 5.91 Å². The van der Waals surface area contributed by atoms with Crippen molar-refractivity contribution in [2.24, 2.45) is 4.99 Å². The van der Waals surface area contributed by atoms with E-state index in [1.165, 1.54) is 7.11 Å². The van der Waals surface area contributed by atoms with Crippen molar-refractivity contribution in [3.63, 3.8) is 0 Å². The van der Waals surface area contributed by atoms with Gasteiger partial charge in [-0.15, -0.1) is 0 Å². The molecule has 0 spiro atoms. The van der Waals surface area contributed by atoms with E-state index < -0.39 is 0 Å². The van der Waals surface area contributed by atoms with E-state index in [-0.39, 0.29) is 17.4 Å². The zero-order valence-electron chi connectivity index (χ0n) is 15.9. The van der Waals surface area contributed by atoms with Crippen molar-refractivity contribution < 1.29 is 19.1 Å². The summed E-state index contributed by atoms with van der Waals surface area (Å²) < 4.78 is 11.5. The first-order chi connectivity index (χ1) is 14.5. The van der Waals surface area contributed by atoms with Gasteiger partial charge in [0.15, 0.2) is 17.3 Å². The highest BCUT2D eigenvalue weighted by Crippen LogP contribution is 2.33. The number of methoxy groups -OCH3 is 1. The highest BCUT2D eigenvalue weighted by Gasteiger charge is 2.12. The van der Waals surface area contributed by atoms with E-state index in [0.29, 0.717) is 28.3 Å². The molecule has 0 radical (unpaired) electrons. The second kappa shape index (κ2) is 8.42. The van der Waals surface area contributed by atoms with Crippen molar-refractivity contribution in [3.8, 4) is 11.5 Å². The van der Waals surface area contributed by atoms with Gasteiger partial charge in [0.05, 0.1) is 12.8 Å². The molecule has 1 amide bonds. The van der Waals surface area contributed by atoms with Crippen LogP contribution in [0.5, 0.6) is 11.5 Å². The van der Waals surface area contributed by atoms with Gasteiger partial charge in [0.1, 0.15) is 5.58 Å². The molecule has 0 bridgehead atoms. The van der Waals surface area contributed by atoms with Gasteiger partial charge in [-0.3, -0.25) is 9.79 Å². The molecule has 0 unspecified atom stereocenters. The fraction of sp³-hybridized carbons (Fsp3) is 0.0435. The normalized spacial score (nSPS) is 11.1. The third-order valence-corrected chi connectivity index (χ3v) is 4.87. The zero-order chi connectivity index (χ0) is 21.1. The summed E-state index contributed by atoms with van der Waals surface area (Å²) in [6, 6.07) is 19.6. The molecule has 6 nitrogen and oxygen atoms in total. The highest BCUT2D eigenvalue weighted by atomic mass is 79.9. The first kappa shape index (κ1) is 19.7. The van der Waals surface area contributed by atoms with Gasteiger partial charge in [-0.1, -0.05) is 34.1 Å². The monoisotopic (exact) mass is 464 g/mol. The number of aliphatic imine (C=N–C) groups is 1. The maximum atomic E-state index is 12.4. The fourth-order valence-electron chi connectivity index (χ4n) is 2.91. The lowest BCUT2D eigenvalue weighted by Crippen LogP contribution is -2.10. The number of benzene rings is 3. The van der Waals surface area contributed by atoms with E-state index in [1.807, 2.05) is 24.3 Å². The average molecular weight is 465 g/mol. The Morgan fingerprint density at radius 3 is 2.63 bits per heavy atom. The summed E-state index contributed by atoms with van der Waals surface area (Å²) in [6.07, 6.45) is 1.55. The summed E-state index contributed by atoms with van der Waals surface area (Å²) >= 11 is 3.38. The number of hydrogen-bond donors (Lipinski definition) is 2. The van der Waals surface area contributed by atoms with E-state index in [0.717, 1.165) is 9.86 Å². The van der Waals surface area contributed by atoms with Crippen molar-refractivity contribution in [1.82, 2.24) is 0 Å². The van der Waals surface area contributed by atoms with Crippen LogP contribution in [0.4, 0.5) is 11.4 Å². The SMILES string of the molecule is COc1cc(Br)cc(C=Nc2ccc(NC(=O)c3cc4ccccc4o3)cc2)c1O. The van der Waals surface area contributed by atoms with Gasteiger partial charge in [-0.05, 0) is 48.5 Å². The molecule has 0 saturated carbocycles. The largest absolute Gasteiger partial charge is 0.504 e. The Morgan fingerprint density at radius 2 is 1.90 bits per heavy atom. The molecule has 4 aromatic rings. The highest BCUT2D eigenvalue weighted by molar-refractivity contribution is 9.10. The number of aromatic hydroxyl groups is 1. The first-order valence-corrected chi connectivity index (χ1v) is 9.83. The number of rotatable bonds is 5. The van der Waals surface area contributed by atoms with Crippen LogP contribution in [0.15, 0.2) is 80.6 Å². The van der Waals surface area contributed by atoms with Gasteiger partial charge in [0, 0.05) is 27.3 Å². The molecule has 0 saturated heterocycles. The van der Waals surface area contributed by atoms with E-state index in [2.05, 4.69) is 26.2 Å². The van der Waals surface area contributed by atoms with Gasteiger partial charge in [-0.2, -0.15) is 0 Å². The number of amides is 1. The molecule has 150 valence electrons. The Morgan fingerprint density at radius 1 is 1.13 bits per heavy atom. The molecule has 0 aliphatic heterocycles. The zero-order valence-corrected chi connectivity index (χ0v) is 17.5. The molecular weight excluding hydrogens is 448 g/mol. The van der Waals surface area contributed by atoms with Crippen molar-refractivity contribution in [3.05, 3.63) is 82.5 Å². The number of nitrogens with one attached hydrogen (secondary N) is 1. The average Bonchev–Trinajstić information content (AvgIpc) is 3.19. The molecular formula is C23H17BrN2O4. The molecule has 3 aromatic carbocycles.